The maximum absolute atomic E-state index is 12.0. The molecule has 5 nitrogen and oxygen atoms in total. The first kappa shape index (κ1) is 17.9. The molecule has 0 saturated heterocycles. The van der Waals surface area contributed by atoms with E-state index in [-0.39, 0.29) is 16.8 Å². The van der Waals surface area contributed by atoms with Gasteiger partial charge in [-0.05, 0) is 43.3 Å². The Labute approximate surface area is 142 Å². The molecule has 1 atom stereocenters. The van der Waals surface area contributed by atoms with E-state index in [9.17, 15) is 13.2 Å². The average molecular weight is 344 g/mol. The van der Waals surface area contributed by atoms with Crippen LogP contribution in [0.15, 0.2) is 65.6 Å². The summed E-state index contributed by atoms with van der Waals surface area (Å²) in [6.45, 7) is 1.92. The number of amides is 1. The van der Waals surface area contributed by atoms with Gasteiger partial charge in [-0.3, -0.25) is 4.79 Å². The van der Waals surface area contributed by atoms with Crippen molar-refractivity contribution in [3.63, 3.8) is 0 Å². The van der Waals surface area contributed by atoms with Crippen LogP contribution in [0, 0.1) is 0 Å². The highest BCUT2D eigenvalue weighted by Gasteiger charge is 2.10. The zero-order chi connectivity index (χ0) is 17.6. The van der Waals surface area contributed by atoms with E-state index in [2.05, 4.69) is 10.0 Å². The summed E-state index contributed by atoms with van der Waals surface area (Å²) in [7, 11) is -2.08. The maximum Gasteiger partial charge on any atom is 0.244 e. The van der Waals surface area contributed by atoms with Gasteiger partial charge in [0.15, 0.2) is 0 Å². The molecule has 1 unspecified atom stereocenters. The van der Waals surface area contributed by atoms with Gasteiger partial charge in [-0.25, -0.2) is 13.1 Å². The first-order chi connectivity index (χ1) is 11.4. The van der Waals surface area contributed by atoms with Crippen molar-refractivity contribution >= 4 is 22.0 Å². The van der Waals surface area contributed by atoms with Crippen molar-refractivity contribution in [1.29, 1.82) is 0 Å². The van der Waals surface area contributed by atoms with Gasteiger partial charge in [0.05, 0.1) is 10.9 Å². The van der Waals surface area contributed by atoms with E-state index in [1.165, 1.54) is 25.3 Å². The van der Waals surface area contributed by atoms with Crippen LogP contribution in [0.5, 0.6) is 0 Å². The summed E-state index contributed by atoms with van der Waals surface area (Å²) in [4.78, 5) is 12.2. The van der Waals surface area contributed by atoms with Gasteiger partial charge < -0.3 is 5.32 Å². The standard InChI is InChI=1S/C18H20N2O3S/c1-14(16-6-4-3-5-7-16)20-18(21)13-10-15-8-11-17(12-9-15)24(22,23)19-2/h3-14,19H,1-2H3,(H,20,21)/b13-10+. The van der Waals surface area contributed by atoms with Gasteiger partial charge in [0, 0.05) is 6.08 Å². The molecular formula is C18H20N2O3S. The summed E-state index contributed by atoms with van der Waals surface area (Å²) in [6, 6.07) is 15.9. The summed E-state index contributed by atoms with van der Waals surface area (Å²) >= 11 is 0. The average Bonchev–Trinajstić information content (AvgIpc) is 2.61. The Morgan fingerprint density at radius 3 is 2.25 bits per heavy atom. The van der Waals surface area contributed by atoms with Gasteiger partial charge in [0.1, 0.15) is 0 Å². The number of hydrogen-bond acceptors (Lipinski definition) is 3. The van der Waals surface area contributed by atoms with Crippen LogP contribution in [0.2, 0.25) is 0 Å². The van der Waals surface area contributed by atoms with Crippen LogP contribution >= 0.6 is 0 Å². The molecule has 0 spiro atoms. The molecule has 2 rings (SSSR count). The Bertz CT molecular complexity index is 813. The fourth-order valence-electron chi connectivity index (χ4n) is 2.13. The van der Waals surface area contributed by atoms with Crippen LogP contribution in [-0.2, 0) is 14.8 Å². The van der Waals surface area contributed by atoms with Gasteiger partial charge in [-0.1, -0.05) is 42.5 Å². The molecule has 0 aliphatic heterocycles. The van der Waals surface area contributed by atoms with E-state index in [4.69, 9.17) is 0 Å². The largest absolute Gasteiger partial charge is 0.346 e. The van der Waals surface area contributed by atoms with E-state index < -0.39 is 10.0 Å². The van der Waals surface area contributed by atoms with Crippen molar-refractivity contribution in [1.82, 2.24) is 10.0 Å². The number of carbonyl (C=O) groups excluding carboxylic acids is 1. The normalized spacial score (nSPS) is 12.9. The highest BCUT2D eigenvalue weighted by molar-refractivity contribution is 7.89. The number of benzene rings is 2. The molecule has 0 saturated carbocycles. The molecule has 2 aromatic rings. The Hall–Kier alpha value is -2.44. The van der Waals surface area contributed by atoms with E-state index in [0.717, 1.165) is 11.1 Å². The molecule has 0 heterocycles. The van der Waals surface area contributed by atoms with Crippen LogP contribution < -0.4 is 10.0 Å². The molecule has 0 aromatic heterocycles. The van der Waals surface area contributed by atoms with Gasteiger partial charge in [0.2, 0.25) is 15.9 Å². The predicted octanol–water partition coefficient (Wildman–Crippen LogP) is 2.49. The van der Waals surface area contributed by atoms with Gasteiger partial charge in [-0.2, -0.15) is 0 Å². The molecule has 0 fully saturated rings. The van der Waals surface area contributed by atoms with Crippen molar-refractivity contribution < 1.29 is 13.2 Å². The lowest BCUT2D eigenvalue weighted by Crippen LogP contribution is -2.24. The minimum absolute atomic E-state index is 0.0912. The monoisotopic (exact) mass is 344 g/mol. The second-order valence-corrected chi connectivity index (χ2v) is 7.14. The Kier molecular flexibility index (Phi) is 5.89. The number of carbonyl (C=O) groups is 1. The molecular weight excluding hydrogens is 324 g/mol. The van der Waals surface area contributed by atoms with Crippen LogP contribution in [-0.4, -0.2) is 21.4 Å². The third-order valence-electron chi connectivity index (χ3n) is 3.54. The van der Waals surface area contributed by atoms with Crippen LogP contribution in [0.25, 0.3) is 6.08 Å². The highest BCUT2D eigenvalue weighted by Crippen LogP contribution is 2.12. The Morgan fingerprint density at radius 1 is 1.04 bits per heavy atom. The van der Waals surface area contributed by atoms with Crippen molar-refractivity contribution in [3.8, 4) is 0 Å². The molecule has 1 amide bonds. The molecule has 0 aliphatic carbocycles. The van der Waals surface area contributed by atoms with Crippen LogP contribution in [0.3, 0.4) is 0 Å². The van der Waals surface area contributed by atoms with Crippen molar-refractivity contribution in [2.24, 2.45) is 0 Å². The van der Waals surface area contributed by atoms with E-state index in [1.54, 1.807) is 18.2 Å². The fraction of sp³-hybridized carbons (Fsp3) is 0.167. The fourth-order valence-corrected chi connectivity index (χ4v) is 2.86. The Balaban J connectivity index is 1.99. The summed E-state index contributed by atoms with van der Waals surface area (Å²) < 4.78 is 25.5. The Morgan fingerprint density at radius 2 is 1.67 bits per heavy atom. The number of sulfonamides is 1. The predicted molar refractivity (Wildman–Crippen MR) is 94.7 cm³/mol. The third kappa shape index (κ3) is 4.78. The van der Waals surface area contributed by atoms with Gasteiger partial charge >= 0.3 is 0 Å². The molecule has 0 bridgehead atoms. The molecule has 126 valence electrons. The maximum atomic E-state index is 12.0. The zero-order valence-corrected chi connectivity index (χ0v) is 14.4. The van der Waals surface area contributed by atoms with E-state index >= 15 is 0 Å². The molecule has 0 radical (unpaired) electrons. The molecule has 24 heavy (non-hydrogen) atoms. The quantitative estimate of drug-likeness (QED) is 0.791. The van der Waals surface area contributed by atoms with Crippen LogP contribution in [0.4, 0.5) is 0 Å². The lowest BCUT2D eigenvalue weighted by molar-refractivity contribution is -0.117. The van der Waals surface area contributed by atoms with E-state index in [1.807, 2.05) is 37.3 Å². The zero-order valence-electron chi connectivity index (χ0n) is 13.6. The lowest BCUT2D eigenvalue weighted by Gasteiger charge is -2.12. The smallest absolute Gasteiger partial charge is 0.244 e. The topological polar surface area (TPSA) is 75.3 Å². The van der Waals surface area contributed by atoms with Crippen molar-refractivity contribution in [3.05, 3.63) is 71.8 Å². The first-order valence-electron chi connectivity index (χ1n) is 7.49. The van der Waals surface area contributed by atoms with Gasteiger partial charge in [0.25, 0.3) is 0 Å². The number of nitrogens with one attached hydrogen (secondary N) is 2. The summed E-state index contributed by atoms with van der Waals surface area (Å²) in [6.07, 6.45) is 3.07. The van der Waals surface area contributed by atoms with Crippen molar-refractivity contribution in [2.75, 3.05) is 7.05 Å². The minimum atomic E-state index is -3.45. The van der Waals surface area contributed by atoms with Gasteiger partial charge in [-0.15, -0.1) is 0 Å². The third-order valence-corrected chi connectivity index (χ3v) is 4.97. The lowest BCUT2D eigenvalue weighted by atomic mass is 10.1. The van der Waals surface area contributed by atoms with E-state index in [0.29, 0.717) is 0 Å². The minimum Gasteiger partial charge on any atom is -0.346 e. The number of hydrogen-bond donors (Lipinski definition) is 2. The second kappa shape index (κ2) is 7.90. The molecule has 6 heteroatoms. The molecule has 0 aliphatic rings. The van der Waals surface area contributed by atoms with Crippen molar-refractivity contribution in [2.45, 2.75) is 17.9 Å². The summed E-state index contributed by atoms with van der Waals surface area (Å²) in [5.74, 6) is -0.210. The molecule has 2 aromatic carbocycles. The number of rotatable bonds is 6. The van der Waals surface area contributed by atoms with Crippen LogP contribution in [0.1, 0.15) is 24.1 Å². The summed E-state index contributed by atoms with van der Waals surface area (Å²) in [5.41, 5.74) is 1.77. The summed E-state index contributed by atoms with van der Waals surface area (Å²) in [5, 5.41) is 2.88. The SMILES string of the molecule is CNS(=O)(=O)c1ccc(/C=C/C(=O)NC(C)c2ccccc2)cc1. The first-order valence-corrected chi connectivity index (χ1v) is 8.98. The second-order valence-electron chi connectivity index (χ2n) is 5.25. The highest BCUT2D eigenvalue weighted by atomic mass is 32.2. The molecule has 2 N–H and O–H groups in total.